The third kappa shape index (κ3) is 7.41. The molecule has 3 N–H and O–H groups in total. The first-order valence-electron chi connectivity index (χ1n) is 11.8. The average molecular weight is 520 g/mol. The Kier molecular flexibility index (Phi) is 10.1. The number of benzene rings is 2. The predicted molar refractivity (Wildman–Crippen MR) is 138 cm³/mol. The van der Waals surface area contributed by atoms with Gasteiger partial charge in [-0.3, -0.25) is 9.69 Å². The minimum Gasteiger partial charge on any atom is -0.497 e. The Bertz CT molecular complexity index is 1060. The van der Waals surface area contributed by atoms with Crippen molar-refractivity contribution in [3.8, 4) is 17.2 Å². The van der Waals surface area contributed by atoms with Crippen LogP contribution >= 0.6 is 11.6 Å². The van der Waals surface area contributed by atoms with Crippen LogP contribution < -0.4 is 25.3 Å². The van der Waals surface area contributed by atoms with Crippen molar-refractivity contribution in [3.05, 3.63) is 46.5 Å². The van der Waals surface area contributed by atoms with Crippen LogP contribution in [0.5, 0.6) is 17.2 Å². The van der Waals surface area contributed by atoms with Crippen LogP contribution in [0.3, 0.4) is 0 Å². The van der Waals surface area contributed by atoms with E-state index in [9.17, 15) is 9.59 Å². The molecule has 1 heterocycles. The number of halogens is 1. The summed E-state index contributed by atoms with van der Waals surface area (Å²) in [5.74, 6) is 1.54. The lowest BCUT2D eigenvalue weighted by molar-refractivity contribution is -0.120. The molecule has 36 heavy (non-hydrogen) atoms. The van der Waals surface area contributed by atoms with E-state index in [1.165, 1.54) is 19.2 Å². The summed E-state index contributed by atoms with van der Waals surface area (Å²) >= 11 is 6.03. The van der Waals surface area contributed by atoms with Crippen LogP contribution in [0.25, 0.3) is 0 Å². The van der Waals surface area contributed by atoms with E-state index in [4.69, 9.17) is 36.3 Å². The second kappa shape index (κ2) is 13.2. The molecule has 0 saturated carbocycles. The summed E-state index contributed by atoms with van der Waals surface area (Å²) in [6.07, 6.45) is 2.14. The fraction of sp³-hybridized carbons (Fsp3) is 0.462. The number of nitrogens with zero attached hydrogens (tertiary/aromatic N) is 1. The second-order valence-corrected chi connectivity index (χ2v) is 9.06. The van der Waals surface area contributed by atoms with Crippen molar-refractivity contribution in [1.29, 1.82) is 0 Å². The van der Waals surface area contributed by atoms with Crippen molar-refractivity contribution < 1.29 is 28.5 Å². The zero-order valence-electron chi connectivity index (χ0n) is 21.0. The van der Waals surface area contributed by atoms with Gasteiger partial charge in [0, 0.05) is 24.7 Å². The molecule has 0 radical (unpaired) electrons. The minimum atomic E-state index is -0.501. The van der Waals surface area contributed by atoms with Crippen LogP contribution in [0.4, 0.5) is 5.69 Å². The fourth-order valence-electron chi connectivity index (χ4n) is 4.17. The molecule has 0 unspecified atom stereocenters. The van der Waals surface area contributed by atoms with Gasteiger partial charge < -0.3 is 30.0 Å². The Labute approximate surface area is 216 Å². The molecule has 0 aliphatic carbocycles. The van der Waals surface area contributed by atoms with Gasteiger partial charge >= 0.3 is 5.97 Å². The highest BCUT2D eigenvalue weighted by molar-refractivity contribution is 6.33. The van der Waals surface area contributed by atoms with Gasteiger partial charge in [-0.25, -0.2) is 4.79 Å². The number of nitrogens with two attached hydrogens (primary N) is 1. The van der Waals surface area contributed by atoms with E-state index in [1.54, 1.807) is 26.4 Å². The minimum absolute atomic E-state index is 0.0471. The Morgan fingerprint density at radius 2 is 1.78 bits per heavy atom. The molecule has 1 amide bonds. The summed E-state index contributed by atoms with van der Waals surface area (Å²) in [4.78, 5) is 27.2. The van der Waals surface area contributed by atoms with Gasteiger partial charge in [-0.1, -0.05) is 11.6 Å². The molecule has 0 atom stereocenters. The summed E-state index contributed by atoms with van der Waals surface area (Å²) in [5.41, 5.74) is 7.14. The van der Waals surface area contributed by atoms with Gasteiger partial charge in [0.25, 0.3) is 0 Å². The van der Waals surface area contributed by atoms with Crippen molar-refractivity contribution in [3.63, 3.8) is 0 Å². The fourth-order valence-corrected chi connectivity index (χ4v) is 4.33. The molecule has 9 nitrogen and oxygen atoms in total. The normalized spacial score (nSPS) is 14.2. The van der Waals surface area contributed by atoms with E-state index in [0.717, 1.165) is 31.5 Å². The van der Waals surface area contributed by atoms with Crippen LogP contribution in [0.1, 0.15) is 28.8 Å². The largest absolute Gasteiger partial charge is 0.497 e. The number of rotatable bonds is 11. The van der Waals surface area contributed by atoms with E-state index in [-0.39, 0.29) is 29.5 Å². The quantitative estimate of drug-likeness (QED) is 0.344. The van der Waals surface area contributed by atoms with Gasteiger partial charge in [-0.05, 0) is 56.1 Å². The number of nitrogen functional groups attached to an aromatic ring is 1. The maximum Gasteiger partial charge on any atom is 0.342 e. The van der Waals surface area contributed by atoms with E-state index in [1.807, 2.05) is 6.07 Å². The summed E-state index contributed by atoms with van der Waals surface area (Å²) in [6.45, 7) is 3.27. The number of methoxy groups -OCH3 is 3. The summed E-state index contributed by atoms with van der Waals surface area (Å²) in [5, 5.41) is 3.32. The predicted octanol–water partition coefficient (Wildman–Crippen LogP) is 3.18. The SMILES string of the molecule is COc1ccc(OC)c(CC(=O)NCC2CCN(CCOC(=O)c3cc(Cl)c(N)cc3OC)CC2)c1. The molecule has 0 spiro atoms. The number of nitrogens with one attached hydrogen (secondary N) is 1. The van der Waals surface area contributed by atoms with Crippen molar-refractivity contribution >= 4 is 29.2 Å². The van der Waals surface area contributed by atoms with E-state index < -0.39 is 5.97 Å². The molecule has 1 aliphatic heterocycles. The van der Waals surface area contributed by atoms with Gasteiger partial charge in [-0.2, -0.15) is 0 Å². The Morgan fingerprint density at radius 1 is 1.06 bits per heavy atom. The Hall–Kier alpha value is -3.17. The van der Waals surface area contributed by atoms with Crippen LogP contribution in [-0.2, 0) is 16.0 Å². The summed E-state index contributed by atoms with van der Waals surface area (Å²) < 4.78 is 21.2. The number of likely N-dealkylation sites (tertiary alicyclic amines) is 1. The van der Waals surface area contributed by atoms with Crippen LogP contribution in [0, 0.1) is 5.92 Å². The highest BCUT2D eigenvalue weighted by Crippen LogP contribution is 2.29. The van der Waals surface area contributed by atoms with Crippen molar-refractivity contribution in [2.45, 2.75) is 19.3 Å². The van der Waals surface area contributed by atoms with E-state index >= 15 is 0 Å². The van der Waals surface area contributed by atoms with Gasteiger partial charge in [0.2, 0.25) is 5.91 Å². The highest BCUT2D eigenvalue weighted by Gasteiger charge is 2.21. The van der Waals surface area contributed by atoms with Crippen molar-refractivity contribution in [2.24, 2.45) is 5.92 Å². The van der Waals surface area contributed by atoms with E-state index in [2.05, 4.69) is 10.2 Å². The maximum absolute atomic E-state index is 12.5. The number of piperidine rings is 1. The molecule has 2 aromatic rings. The molecule has 0 bridgehead atoms. The third-order valence-electron chi connectivity index (χ3n) is 6.31. The zero-order chi connectivity index (χ0) is 26.1. The molecule has 0 aromatic heterocycles. The molecule has 10 heteroatoms. The average Bonchev–Trinajstić information content (AvgIpc) is 2.89. The van der Waals surface area contributed by atoms with Crippen LogP contribution in [0.2, 0.25) is 5.02 Å². The number of hydrogen-bond donors (Lipinski definition) is 2. The molecule has 1 aliphatic rings. The smallest absolute Gasteiger partial charge is 0.342 e. The van der Waals surface area contributed by atoms with Crippen molar-refractivity contribution in [2.75, 3.05) is 59.8 Å². The van der Waals surface area contributed by atoms with Crippen LogP contribution in [0.15, 0.2) is 30.3 Å². The number of anilines is 1. The third-order valence-corrected chi connectivity index (χ3v) is 6.64. The Morgan fingerprint density at radius 3 is 2.44 bits per heavy atom. The second-order valence-electron chi connectivity index (χ2n) is 8.65. The number of ether oxygens (including phenoxy) is 4. The molecular weight excluding hydrogens is 486 g/mol. The summed E-state index contributed by atoms with van der Waals surface area (Å²) in [7, 11) is 4.64. The number of hydrogen-bond acceptors (Lipinski definition) is 8. The number of carbonyl (C=O) groups is 2. The lowest BCUT2D eigenvalue weighted by Gasteiger charge is -2.31. The molecular formula is C26H34ClN3O6. The van der Waals surface area contributed by atoms with Gasteiger partial charge in [0.05, 0.1) is 38.5 Å². The van der Waals surface area contributed by atoms with Gasteiger partial charge in [-0.15, -0.1) is 0 Å². The lowest BCUT2D eigenvalue weighted by atomic mass is 9.96. The zero-order valence-corrected chi connectivity index (χ0v) is 21.7. The first-order chi connectivity index (χ1) is 17.3. The van der Waals surface area contributed by atoms with Gasteiger partial charge in [0.15, 0.2) is 0 Å². The Balaban J connectivity index is 1.38. The van der Waals surface area contributed by atoms with Crippen LogP contribution in [-0.4, -0.2) is 70.9 Å². The maximum atomic E-state index is 12.5. The molecule has 1 saturated heterocycles. The molecule has 1 fully saturated rings. The number of carbonyl (C=O) groups excluding carboxylic acids is 2. The topological polar surface area (TPSA) is 112 Å². The standard InChI is InChI=1S/C26H34ClN3O6/c1-33-19-4-5-23(34-2)18(12-19)13-25(31)29-16-17-6-8-30(9-7-17)10-11-36-26(32)20-14-21(27)22(28)15-24(20)35-3/h4-5,12,14-15,17H,6-11,13,16,28H2,1-3H3,(H,29,31). The molecule has 196 valence electrons. The van der Waals surface area contributed by atoms with Crippen molar-refractivity contribution in [1.82, 2.24) is 10.2 Å². The monoisotopic (exact) mass is 519 g/mol. The first kappa shape index (κ1) is 27.4. The number of amides is 1. The number of esters is 1. The first-order valence-corrected chi connectivity index (χ1v) is 12.2. The lowest BCUT2D eigenvalue weighted by Crippen LogP contribution is -2.40. The van der Waals surface area contributed by atoms with E-state index in [0.29, 0.717) is 41.9 Å². The highest BCUT2D eigenvalue weighted by atomic mass is 35.5. The summed E-state index contributed by atoms with van der Waals surface area (Å²) in [6, 6.07) is 8.40. The van der Waals surface area contributed by atoms with Gasteiger partial charge in [0.1, 0.15) is 29.4 Å². The molecule has 3 rings (SSSR count). The molecule has 2 aromatic carbocycles.